The van der Waals surface area contributed by atoms with Crippen LogP contribution in [-0.4, -0.2) is 55.2 Å². The summed E-state index contributed by atoms with van der Waals surface area (Å²) in [5, 5.41) is 6.24. The Kier molecular flexibility index (Phi) is 6.57. The third-order valence-corrected chi connectivity index (χ3v) is 4.56. The fourth-order valence-corrected chi connectivity index (χ4v) is 2.88. The first kappa shape index (κ1) is 18.4. The summed E-state index contributed by atoms with van der Waals surface area (Å²) >= 11 is 0. The third kappa shape index (κ3) is 5.28. The van der Waals surface area contributed by atoms with Crippen molar-refractivity contribution in [3.8, 4) is 0 Å². The molecule has 1 aliphatic heterocycles. The van der Waals surface area contributed by atoms with Crippen molar-refractivity contribution in [1.29, 1.82) is 0 Å². The zero-order valence-corrected chi connectivity index (χ0v) is 15.2. The van der Waals surface area contributed by atoms with Crippen molar-refractivity contribution >= 4 is 11.7 Å². The van der Waals surface area contributed by atoms with Gasteiger partial charge in [0.25, 0.3) is 5.91 Å². The molecule has 3 rings (SSSR count). The quantitative estimate of drug-likeness (QED) is 0.797. The molecule has 138 valence electrons. The van der Waals surface area contributed by atoms with Crippen LogP contribution in [0.25, 0.3) is 0 Å². The molecule has 6 nitrogen and oxygen atoms in total. The van der Waals surface area contributed by atoms with Gasteiger partial charge < -0.3 is 15.4 Å². The van der Waals surface area contributed by atoms with Crippen molar-refractivity contribution in [3.63, 3.8) is 0 Å². The van der Waals surface area contributed by atoms with Crippen LogP contribution in [-0.2, 0) is 11.3 Å². The highest BCUT2D eigenvalue weighted by atomic mass is 16.5. The average Bonchev–Trinajstić information content (AvgIpc) is 2.68. The van der Waals surface area contributed by atoms with Crippen LogP contribution in [0.5, 0.6) is 0 Å². The standard InChI is InChI=1S/C20H26N4O2/c1-16-4-2-3-5-17(16)14-22-19-7-6-18(15-23-19)20(25)21-8-9-24-10-12-26-13-11-24/h2-7,15H,8-14H2,1H3,(H,21,25)(H,22,23). The van der Waals surface area contributed by atoms with E-state index in [0.29, 0.717) is 18.7 Å². The van der Waals surface area contributed by atoms with Crippen LogP contribution in [0.15, 0.2) is 42.6 Å². The molecule has 1 amide bonds. The summed E-state index contributed by atoms with van der Waals surface area (Å²) in [7, 11) is 0. The van der Waals surface area contributed by atoms with Crippen LogP contribution in [0, 0.1) is 6.92 Å². The molecule has 1 saturated heterocycles. The Morgan fingerprint density at radius 3 is 2.73 bits per heavy atom. The lowest BCUT2D eigenvalue weighted by molar-refractivity contribution is 0.0383. The highest BCUT2D eigenvalue weighted by Gasteiger charge is 2.11. The van der Waals surface area contributed by atoms with E-state index in [-0.39, 0.29) is 5.91 Å². The molecule has 26 heavy (non-hydrogen) atoms. The molecule has 0 atom stereocenters. The van der Waals surface area contributed by atoms with Gasteiger partial charge in [0.15, 0.2) is 0 Å². The summed E-state index contributed by atoms with van der Waals surface area (Å²) in [5.41, 5.74) is 3.06. The zero-order valence-electron chi connectivity index (χ0n) is 15.2. The predicted molar refractivity (Wildman–Crippen MR) is 102 cm³/mol. The number of aryl methyl sites for hydroxylation is 1. The summed E-state index contributed by atoms with van der Waals surface area (Å²) in [5.74, 6) is 0.675. The summed E-state index contributed by atoms with van der Waals surface area (Å²) in [6, 6.07) is 11.9. The van der Waals surface area contributed by atoms with Crippen molar-refractivity contribution in [2.75, 3.05) is 44.7 Å². The Morgan fingerprint density at radius 1 is 1.19 bits per heavy atom. The molecule has 1 aromatic carbocycles. The van der Waals surface area contributed by atoms with Gasteiger partial charge in [-0.1, -0.05) is 24.3 Å². The van der Waals surface area contributed by atoms with Crippen molar-refractivity contribution in [1.82, 2.24) is 15.2 Å². The molecule has 0 radical (unpaired) electrons. The average molecular weight is 354 g/mol. The maximum Gasteiger partial charge on any atom is 0.252 e. The van der Waals surface area contributed by atoms with Gasteiger partial charge in [-0.15, -0.1) is 0 Å². The number of rotatable bonds is 7. The van der Waals surface area contributed by atoms with Gasteiger partial charge in [0.1, 0.15) is 5.82 Å². The number of nitrogens with zero attached hydrogens (tertiary/aromatic N) is 2. The summed E-state index contributed by atoms with van der Waals surface area (Å²) in [6.45, 7) is 7.69. The first-order valence-electron chi connectivity index (χ1n) is 9.05. The maximum absolute atomic E-state index is 12.2. The number of morpholine rings is 1. The molecule has 1 fully saturated rings. The Morgan fingerprint density at radius 2 is 2.00 bits per heavy atom. The molecule has 0 bridgehead atoms. The molecule has 6 heteroatoms. The Labute approximate surface area is 154 Å². The molecule has 0 spiro atoms. The summed E-state index contributed by atoms with van der Waals surface area (Å²) in [4.78, 5) is 18.8. The van der Waals surface area contributed by atoms with Crippen molar-refractivity contribution in [2.24, 2.45) is 0 Å². The SMILES string of the molecule is Cc1ccccc1CNc1ccc(C(=O)NCCN2CCOCC2)cn1. The van der Waals surface area contributed by atoms with Crippen LogP contribution in [0.3, 0.4) is 0 Å². The topological polar surface area (TPSA) is 66.5 Å². The number of carbonyl (C=O) groups is 1. The molecule has 2 aromatic rings. The van der Waals surface area contributed by atoms with Crippen molar-refractivity contribution in [2.45, 2.75) is 13.5 Å². The minimum Gasteiger partial charge on any atom is -0.379 e. The Balaban J connectivity index is 1.44. The molecule has 2 heterocycles. The predicted octanol–water partition coefficient (Wildman–Crippen LogP) is 2.06. The highest BCUT2D eigenvalue weighted by Crippen LogP contribution is 2.11. The van der Waals surface area contributed by atoms with Gasteiger partial charge in [-0.05, 0) is 30.2 Å². The van der Waals surface area contributed by atoms with E-state index in [9.17, 15) is 4.79 Å². The molecule has 1 aromatic heterocycles. The second-order valence-corrected chi connectivity index (χ2v) is 6.42. The summed E-state index contributed by atoms with van der Waals surface area (Å²) < 4.78 is 5.32. The van der Waals surface area contributed by atoms with Crippen molar-refractivity contribution in [3.05, 3.63) is 59.3 Å². The van der Waals surface area contributed by atoms with Gasteiger partial charge in [-0.2, -0.15) is 0 Å². The number of hydrogen-bond donors (Lipinski definition) is 2. The Bertz CT molecular complexity index is 712. The van der Waals surface area contributed by atoms with E-state index < -0.39 is 0 Å². The van der Waals surface area contributed by atoms with Crippen LogP contribution < -0.4 is 10.6 Å². The van der Waals surface area contributed by atoms with E-state index >= 15 is 0 Å². The van der Waals surface area contributed by atoms with Crippen LogP contribution in [0.1, 0.15) is 21.5 Å². The van der Waals surface area contributed by atoms with E-state index in [1.165, 1.54) is 11.1 Å². The fraction of sp³-hybridized carbons (Fsp3) is 0.400. The zero-order chi connectivity index (χ0) is 18.2. The molecule has 1 aliphatic rings. The van der Waals surface area contributed by atoms with Gasteiger partial charge in [-0.3, -0.25) is 9.69 Å². The molecular formula is C20H26N4O2. The van der Waals surface area contributed by atoms with Gasteiger partial charge in [0.05, 0.1) is 18.8 Å². The van der Waals surface area contributed by atoms with Crippen LogP contribution >= 0.6 is 0 Å². The smallest absolute Gasteiger partial charge is 0.252 e. The summed E-state index contributed by atoms with van der Waals surface area (Å²) in [6.07, 6.45) is 1.62. The first-order chi connectivity index (χ1) is 12.7. The second-order valence-electron chi connectivity index (χ2n) is 6.42. The minimum absolute atomic E-state index is 0.0868. The van der Waals surface area contributed by atoms with E-state index in [0.717, 1.165) is 38.7 Å². The van der Waals surface area contributed by atoms with E-state index in [1.807, 2.05) is 18.2 Å². The molecule has 0 aliphatic carbocycles. The normalized spacial score (nSPS) is 14.8. The molecule has 0 unspecified atom stereocenters. The number of hydrogen-bond acceptors (Lipinski definition) is 5. The number of carbonyl (C=O) groups excluding carboxylic acids is 1. The molecular weight excluding hydrogens is 328 g/mol. The number of benzene rings is 1. The van der Waals surface area contributed by atoms with Gasteiger partial charge in [0, 0.05) is 38.9 Å². The first-order valence-corrected chi connectivity index (χ1v) is 9.05. The van der Waals surface area contributed by atoms with Gasteiger partial charge in [-0.25, -0.2) is 4.98 Å². The fourth-order valence-electron chi connectivity index (χ4n) is 2.88. The van der Waals surface area contributed by atoms with Gasteiger partial charge in [0.2, 0.25) is 0 Å². The van der Waals surface area contributed by atoms with E-state index in [1.54, 1.807) is 12.3 Å². The molecule has 0 saturated carbocycles. The lowest BCUT2D eigenvalue weighted by atomic mass is 10.1. The monoisotopic (exact) mass is 354 g/mol. The third-order valence-electron chi connectivity index (χ3n) is 4.56. The number of pyridine rings is 1. The van der Waals surface area contributed by atoms with E-state index in [4.69, 9.17) is 4.74 Å². The number of ether oxygens (including phenoxy) is 1. The number of aromatic nitrogens is 1. The van der Waals surface area contributed by atoms with Gasteiger partial charge >= 0.3 is 0 Å². The Hall–Kier alpha value is -2.44. The lowest BCUT2D eigenvalue weighted by Gasteiger charge is -2.26. The maximum atomic E-state index is 12.2. The minimum atomic E-state index is -0.0868. The molecule has 2 N–H and O–H groups in total. The van der Waals surface area contributed by atoms with Crippen LogP contribution in [0.4, 0.5) is 5.82 Å². The van der Waals surface area contributed by atoms with Crippen molar-refractivity contribution < 1.29 is 9.53 Å². The largest absolute Gasteiger partial charge is 0.379 e. The van der Waals surface area contributed by atoms with E-state index in [2.05, 4.69) is 39.6 Å². The number of nitrogens with one attached hydrogen (secondary N) is 2. The second kappa shape index (κ2) is 9.31. The number of amides is 1. The highest BCUT2D eigenvalue weighted by molar-refractivity contribution is 5.94. The van der Waals surface area contributed by atoms with Crippen LogP contribution in [0.2, 0.25) is 0 Å². The number of anilines is 1. The lowest BCUT2D eigenvalue weighted by Crippen LogP contribution is -2.41.